The predicted molar refractivity (Wildman–Crippen MR) is 152 cm³/mol. The third-order valence-electron chi connectivity index (χ3n) is 6.36. The molecule has 3 aromatic carbocycles. The fraction of sp³-hybridized carbons (Fsp3) is 0.0667. The lowest BCUT2D eigenvalue weighted by Gasteiger charge is -2.29. The molecule has 0 bridgehead atoms. The maximum atomic E-state index is 6.34. The van der Waals surface area contributed by atoms with Crippen LogP contribution in [0.2, 0.25) is 5.02 Å². The van der Waals surface area contributed by atoms with E-state index in [-0.39, 0.29) is 12.1 Å². The summed E-state index contributed by atoms with van der Waals surface area (Å²) in [5.41, 5.74) is 3.92. The highest BCUT2D eigenvalue weighted by Crippen LogP contribution is 2.42. The average molecular weight is 523 g/mol. The third kappa shape index (κ3) is 4.69. The van der Waals surface area contributed by atoms with E-state index < -0.39 is 0 Å². The van der Waals surface area contributed by atoms with Gasteiger partial charge in [-0.3, -0.25) is 4.98 Å². The molecule has 2 unspecified atom stereocenters. The third-order valence-corrected chi connectivity index (χ3v) is 6.91. The minimum Gasteiger partial charge on any atom is -0.457 e. The largest absolute Gasteiger partial charge is 0.457 e. The minimum atomic E-state index is -0.155. The van der Waals surface area contributed by atoms with Gasteiger partial charge in [0.2, 0.25) is 0 Å². The lowest BCUT2D eigenvalue weighted by atomic mass is 10.0. The smallest absolute Gasteiger partial charge is 0.174 e. The molecule has 7 heteroatoms. The van der Waals surface area contributed by atoms with E-state index in [0.717, 1.165) is 34.3 Å². The fourth-order valence-corrected chi connectivity index (χ4v) is 5.26. The molecule has 3 heterocycles. The molecule has 0 spiro atoms. The Morgan fingerprint density at radius 3 is 2.32 bits per heavy atom. The fourth-order valence-electron chi connectivity index (χ4n) is 4.73. The number of ether oxygens (including phenoxy) is 1. The number of anilines is 1. The number of rotatable bonds is 6. The van der Waals surface area contributed by atoms with E-state index in [0.29, 0.717) is 10.1 Å². The summed E-state index contributed by atoms with van der Waals surface area (Å²) in [5, 5.41) is 4.85. The van der Waals surface area contributed by atoms with Crippen molar-refractivity contribution in [3.8, 4) is 17.2 Å². The highest BCUT2D eigenvalue weighted by molar-refractivity contribution is 7.80. The molecule has 182 valence electrons. The standard InChI is InChI=1S/C30H23ClN4OS/c31-21-8-6-9-23(20-21)34-19-7-13-27(34)29-28(26-12-4-5-18-32-26)33-30(37)35(29)22-14-16-25(17-15-22)36-24-10-2-1-3-11-24/h1-20,28-29H,(H,33,37). The SMILES string of the molecule is S=C1NC(c2ccccn2)C(c2cccn2-c2cccc(Cl)c2)N1c1ccc(Oc2ccccc2)cc1. The van der Waals surface area contributed by atoms with Crippen LogP contribution in [-0.2, 0) is 0 Å². The van der Waals surface area contributed by atoms with Crippen LogP contribution in [0, 0.1) is 0 Å². The van der Waals surface area contributed by atoms with Gasteiger partial charge in [-0.1, -0.05) is 41.9 Å². The lowest BCUT2D eigenvalue weighted by molar-refractivity contribution is 0.482. The van der Waals surface area contributed by atoms with Gasteiger partial charge in [0.15, 0.2) is 5.11 Å². The first kappa shape index (κ1) is 23.3. The van der Waals surface area contributed by atoms with Gasteiger partial charge < -0.3 is 19.5 Å². The molecule has 1 aliphatic rings. The number of hydrogen-bond acceptors (Lipinski definition) is 3. The molecule has 0 aliphatic carbocycles. The van der Waals surface area contributed by atoms with E-state index in [1.807, 2.05) is 116 Å². The highest BCUT2D eigenvalue weighted by atomic mass is 35.5. The van der Waals surface area contributed by atoms with Gasteiger partial charge in [-0.05, 0) is 91.1 Å². The van der Waals surface area contributed by atoms with Gasteiger partial charge in [0, 0.05) is 34.5 Å². The molecule has 1 aliphatic heterocycles. The van der Waals surface area contributed by atoms with Crippen molar-refractivity contribution in [1.82, 2.24) is 14.9 Å². The molecule has 5 aromatic rings. The first-order valence-electron chi connectivity index (χ1n) is 11.9. The van der Waals surface area contributed by atoms with Crippen molar-refractivity contribution < 1.29 is 4.74 Å². The van der Waals surface area contributed by atoms with E-state index >= 15 is 0 Å². The number of pyridine rings is 1. The Morgan fingerprint density at radius 1 is 0.784 bits per heavy atom. The normalized spacial score (nSPS) is 17.0. The summed E-state index contributed by atoms with van der Waals surface area (Å²) in [7, 11) is 0. The van der Waals surface area contributed by atoms with Crippen molar-refractivity contribution in [2.24, 2.45) is 0 Å². The van der Waals surface area contributed by atoms with Crippen LogP contribution in [0.5, 0.6) is 11.5 Å². The number of aromatic nitrogens is 2. The van der Waals surface area contributed by atoms with Crippen molar-refractivity contribution >= 4 is 34.6 Å². The molecule has 37 heavy (non-hydrogen) atoms. The summed E-state index contributed by atoms with van der Waals surface area (Å²) in [6.45, 7) is 0. The molecule has 0 amide bonds. The molecule has 6 rings (SSSR count). The Bertz CT molecular complexity index is 1520. The van der Waals surface area contributed by atoms with Gasteiger partial charge in [-0.15, -0.1) is 0 Å². The summed E-state index contributed by atoms with van der Waals surface area (Å²) in [5.74, 6) is 1.55. The molecule has 2 aromatic heterocycles. The van der Waals surface area contributed by atoms with E-state index in [1.165, 1.54) is 0 Å². The number of thiocarbonyl (C=S) groups is 1. The highest BCUT2D eigenvalue weighted by Gasteiger charge is 2.42. The quantitative estimate of drug-likeness (QED) is 0.234. The number of nitrogens with one attached hydrogen (secondary N) is 1. The van der Waals surface area contributed by atoms with Gasteiger partial charge in [0.1, 0.15) is 17.5 Å². The van der Waals surface area contributed by atoms with Crippen LogP contribution in [0.4, 0.5) is 5.69 Å². The van der Waals surface area contributed by atoms with Gasteiger partial charge in [0.05, 0.1) is 11.7 Å². The van der Waals surface area contributed by atoms with Crippen LogP contribution < -0.4 is 15.0 Å². The van der Waals surface area contributed by atoms with Crippen LogP contribution in [0.3, 0.4) is 0 Å². The number of hydrogen-bond donors (Lipinski definition) is 1. The number of halogens is 1. The second-order valence-electron chi connectivity index (χ2n) is 8.69. The zero-order chi connectivity index (χ0) is 25.2. The summed E-state index contributed by atoms with van der Waals surface area (Å²) < 4.78 is 8.16. The Kier molecular flexibility index (Phi) is 6.35. The van der Waals surface area contributed by atoms with Crippen molar-refractivity contribution in [1.29, 1.82) is 0 Å². The Balaban J connectivity index is 1.41. The number of benzene rings is 3. The second kappa shape index (κ2) is 10.1. The van der Waals surface area contributed by atoms with Crippen LogP contribution in [-0.4, -0.2) is 14.7 Å². The first-order chi connectivity index (χ1) is 18.2. The van der Waals surface area contributed by atoms with Crippen molar-refractivity contribution in [3.05, 3.63) is 138 Å². The molecule has 5 nitrogen and oxygen atoms in total. The zero-order valence-electron chi connectivity index (χ0n) is 19.7. The Hall–Kier alpha value is -4.13. The first-order valence-corrected chi connectivity index (χ1v) is 12.7. The topological polar surface area (TPSA) is 42.3 Å². The molecule has 0 radical (unpaired) electrons. The average Bonchev–Trinajstić information content (AvgIpc) is 3.55. The van der Waals surface area contributed by atoms with Crippen molar-refractivity contribution in [2.75, 3.05) is 4.90 Å². The molecule has 1 fully saturated rings. The van der Waals surface area contributed by atoms with E-state index in [9.17, 15) is 0 Å². The lowest BCUT2D eigenvalue weighted by Crippen LogP contribution is -2.30. The van der Waals surface area contributed by atoms with E-state index in [1.54, 1.807) is 0 Å². The summed E-state index contributed by atoms with van der Waals surface area (Å²) in [4.78, 5) is 6.81. The zero-order valence-corrected chi connectivity index (χ0v) is 21.3. The predicted octanol–water partition coefficient (Wildman–Crippen LogP) is 7.50. The van der Waals surface area contributed by atoms with E-state index in [2.05, 4.69) is 25.8 Å². The van der Waals surface area contributed by atoms with Crippen LogP contribution in [0.15, 0.2) is 122 Å². The molecule has 1 saturated heterocycles. The number of para-hydroxylation sites is 1. The summed E-state index contributed by atoms with van der Waals surface area (Å²) in [6.07, 6.45) is 3.86. The van der Waals surface area contributed by atoms with Crippen molar-refractivity contribution in [2.45, 2.75) is 12.1 Å². The number of nitrogens with zero attached hydrogens (tertiary/aromatic N) is 3. The second-order valence-corrected chi connectivity index (χ2v) is 9.51. The van der Waals surface area contributed by atoms with Gasteiger partial charge in [-0.25, -0.2) is 0 Å². The molecular formula is C30H23ClN4OS. The summed E-state index contributed by atoms with van der Waals surface area (Å²) >= 11 is 12.2. The molecule has 2 atom stereocenters. The molecule has 0 saturated carbocycles. The van der Waals surface area contributed by atoms with Gasteiger partial charge in [0.25, 0.3) is 0 Å². The summed E-state index contributed by atoms with van der Waals surface area (Å²) in [6, 6.07) is 35.4. The van der Waals surface area contributed by atoms with Crippen LogP contribution >= 0.6 is 23.8 Å². The minimum absolute atomic E-state index is 0.151. The van der Waals surface area contributed by atoms with Crippen LogP contribution in [0.1, 0.15) is 23.5 Å². The monoisotopic (exact) mass is 522 g/mol. The van der Waals surface area contributed by atoms with Crippen molar-refractivity contribution in [3.63, 3.8) is 0 Å². The van der Waals surface area contributed by atoms with E-state index in [4.69, 9.17) is 28.6 Å². The maximum Gasteiger partial charge on any atom is 0.174 e. The maximum absolute atomic E-state index is 6.34. The van der Waals surface area contributed by atoms with Crippen LogP contribution in [0.25, 0.3) is 5.69 Å². The van der Waals surface area contributed by atoms with Gasteiger partial charge >= 0.3 is 0 Å². The van der Waals surface area contributed by atoms with Gasteiger partial charge in [-0.2, -0.15) is 0 Å². The Labute approximate surface area is 225 Å². The Morgan fingerprint density at radius 2 is 1.57 bits per heavy atom. The molecular weight excluding hydrogens is 500 g/mol. The molecule has 1 N–H and O–H groups in total.